The number of esters is 1. The van der Waals surface area contributed by atoms with Crippen molar-refractivity contribution in [2.45, 2.75) is 49.4 Å². The molecule has 0 saturated carbocycles. The van der Waals surface area contributed by atoms with Crippen molar-refractivity contribution in [2.75, 3.05) is 6.61 Å². The number of carbonyl (C=O) groups excluding carboxylic acids is 1. The Bertz CT molecular complexity index is 173. The molecular weight excluding hydrogens is 307 g/mol. The highest BCUT2D eigenvalue weighted by Crippen LogP contribution is 2.29. The second-order valence-electron chi connectivity index (χ2n) is 3.69. The van der Waals surface area contributed by atoms with Crippen molar-refractivity contribution < 1.29 is 9.53 Å². The lowest BCUT2D eigenvalue weighted by Gasteiger charge is -2.33. The maximum absolute atomic E-state index is 10.7. The molecule has 0 fully saturated rings. The Kier molecular flexibility index (Phi) is 7.02. The minimum Gasteiger partial charge on any atom is -0.465 e. The van der Waals surface area contributed by atoms with Crippen LogP contribution in [0.4, 0.5) is 0 Å². The second kappa shape index (κ2) is 6.82. The van der Waals surface area contributed by atoms with E-state index < -0.39 is 8.07 Å². The van der Waals surface area contributed by atoms with Gasteiger partial charge in [0.25, 0.3) is 0 Å². The van der Waals surface area contributed by atoms with Gasteiger partial charge in [0.2, 0.25) is 0 Å². The summed E-state index contributed by atoms with van der Waals surface area (Å²) in [7, 11) is -1.18. The average Bonchev–Trinajstić information content (AvgIpc) is 2.18. The maximum Gasteiger partial charge on any atom is 0.302 e. The highest BCUT2D eigenvalue weighted by molar-refractivity contribution is 14.1. The van der Waals surface area contributed by atoms with Crippen LogP contribution in [-0.2, 0) is 9.53 Å². The minimum absolute atomic E-state index is 0.155. The van der Waals surface area contributed by atoms with Crippen LogP contribution in [0, 0.1) is 0 Å². The van der Waals surface area contributed by atoms with Gasteiger partial charge in [-0.15, -0.1) is 0 Å². The number of hydrogen-bond donors (Lipinski definition) is 0. The minimum atomic E-state index is -1.18. The first-order valence-electron chi connectivity index (χ1n) is 5.29. The molecule has 0 amide bonds. The zero-order valence-electron chi connectivity index (χ0n) is 9.60. The van der Waals surface area contributed by atoms with Gasteiger partial charge in [0.05, 0.1) is 8.07 Å². The van der Waals surface area contributed by atoms with Gasteiger partial charge >= 0.3 is 5.97 Å². The van der Waals surface area contributed by atoms with Gasteiger partial charge in [-0.05, 0) is 0 Å². The Balaban J connectivity index is 4.28. The summed E-state index contributed by atoms with van der Waals surface area (Å²) in [6.07, 6.45) is 0. The van der Waals surface area contributed by atoms with E-state index in [1.165, 1.54) is 25.1 Å². The van der Waals surface area contributed by atoms with E-state index in [0.29, 0.717) is 10.2 Å². The van der Waals surface area contributed by atoms with Crippen molar-refractivity contribution in [3.05, 3.63) is 0 Å². The molecular formula is C10H21IO2Si. The molecule has 0 radical (unpaired) electrons. The second-order valence-corrected chi connectivity index (χ2v) is 11.9. The number of carbonyl (C=O) groups is 1. The van der Waals surface area contributed by atoms with Gasteiger partial charge in [-0.25, -0.2) is 0 Å². The van der Waals surface area contributed by atoms with Crippen molar-refractivity contribution in [1.29, 1.82) is 0 Å². The van der Waals surface area contributed by atoms with E-state index in [1.54, 1.807) is 0 Å². The number of alkyl halides is 1. The summed E-state index contributed by atoms with van der Waals surface area (Å²) in [6, 6.07) is 3.86. The first-order valence-corrected chi connectivity index (χ1v) is 9.24. The smallest absolute Gasteiger partial charge is 0.302 e. The normalized spacial score (nSPS) is 13.8. The SMILES string of the molecule is CC[Si](CC)(CC)C(I)COC(C)=O. The lowest BCUT2D eigenvalue weighted by atomic mass is 10.8. The van der Waals surface area contributed by atoms with Crippen LogP contribution < -0.4 is 0 Å². The van der Waals surface area contributed by atoms with Gasteiger partial charge in [-0.1, -0.05) is 61.5 Å². The van der Waals surface area contributed by atoms with Crippen molar-refractivity contribution in [2.24, 2.45) is 0 Å². The summed E-state index contributed by atoms with van der Waals surface area (Å²) >= 11 is 2.47. The van der Waals surface area contributed by atoms with Crippen LogP contribution in [0.1, 0.15) is 27.7 Å². The quantitative estimate of drug-likeness (QED) is 0.323. The van der Waals surface area contributed by atoms with E-state index in [2.05, 4.69) is 43.4 Å². The number of rotatable bonds is 6. The predicted molar refractivity (Wildman–Crippen MR) is 71.6 cm³/mol. The number of ether oxygens (including phenoxy) is 1. The Hall–Kier alpha value is 0.417. The number of hydrogen-bond acceptors (Lipinski definition) is 2. The summed E-state index contributed by atoms with van der Waals surface area (Å²) in [4.78, 5) is 10.7. The summed E-state index contributed by atoms with van der Waals surface area (Å²) in [5, 5.41) is 0. The van der Waals surface area contributed by atoms with Crippen LogP contribution in [0.5, 0.6) is 0 Å². The Morgan fingerprint density at radius 1 is 1.29 bits per heavy atom. The molecule has 0 bridgehead atoms. The monoisotopic (exact) mass is 328 g/mol. The van der Waals surface area contributed by atoms with E-state index in [9.17, 15) is 4.79 Å². The molecule has 0 aromatic rings. The molecule has 4 heteroatoms. The van der Waals surface area contributed by atoms with Crippen LogP contribution in [0.25, 0.3) is 0 Å². The summed E-state index contributed by atoms with van der Waals surface area (Å²) in [5.41, 5.74) is 0. The van der Waals surface area contributed by atoms with Crippen LogP contribution >= 0.6 is 22.6 Å². The predicted octanol–water partition coefficient (Wildman–Crippen LogP) is 3.40. The zero-order valence-corrected chi connectivity index (χ0v) is 12.8. The highest BCUT2D eigenvalue weighted by atomic mass is 127. The molecule has 0 aromatic carbocycles. The molecule has 0 N–H and O–H groups in total. The van der Waals surface area contributed by atoms with E-state index in [0.717, 1.165) is 0 Å². The Labute approximate surface area is 102 Å². The van der Waals surface area contributed by atoms with E-state index in [-0.39, 0.29) is 5.97 Å². The average molecular weight is 328 g/mol. The molecule has 0 spiro atoms. The fourth-order valence-corrected chi connectivity index (χ4v) is 9.19. The summed E-state index contributed by atoms with van der Waals surface area (Å²) in [6.45, 7) is 8.92. The third-order valence-electron chi connectivity index (χ3n) is 3.21. The molecule has 0 heterocycles. The summed E-state index contributed by atoms with van der Waals surface area (Å²) < 4.78 is 5.66. The Morgan fingerprint density at radius 2 is 1.71 bits per heavy atom. The highest BCUT2D eigenvalue weighted by Gasteiger charge is 2.35. The molecule has 0 saturated heterocycles. The fourth-order valence-electron chi connectivity index (χ4n) is 1.78. The van der Waals surface area contributed by atoms with Gasteiger partial charge in [-0.2, -0.15) is 0 Å². The molecule has 0 aromatic heterocycles. The van der Waals surface area contributed by atoms with Gasteiger partial charge in [-0.3, -0.25) is 4.79 Å². The fraction of sp³-hybridized carbons (Fsp3) is 0.900. The molecule has 0 rings (SSSR count). The van der Waals surface area contributed by atoms with Gasteiger partial charge in [0.15, 0.2) is 0 Å². The van der Waals surface area contributed by atoms with E-state index in [1.807, 2.05) is 0 Å². The van der Waals surface area contributed by atoms with Crippen molar-refractivity contribution in [3.8, 4) is 0 Å². The van der Waals surface area contributed by atoms with Crippen molar-refractivity contribution in [1.82, 2.24) is 0 Å². The van der Waals surface area contributed by atoms with Crippen molar-refractivity contribution >= 4 is 36.6 Å². The third-order valence-corrected chi connectivity index (χ3v) is 13.3. The standard InChI is InChI=1S/C10H21IO2Si/c1-5-14(6-2,7-3)10(11)8-13-9(4)12/h10H,5-8H2,1-4H3. The molecule has 14 heavy (non-hydrogen) atoms. The number of halogens is 1. The molecule has 0 aliphatic rings. The zero-order chi connectivity index (χ0) is 11.2. The molecule has 1 atom stereocenters. The van der Waals surface area contributed by atoms with Crippen LogP contribution in [-0.4, -0.2) is 24.2 Å². The molecule has 0 aliphatic carbocycles. The van der Waals surface area contributed by atoms with E-state index >= 15 is 0 Å². The van der Waals surface area contributed by atoms with Gasteiger partial charge in [0, 0.05) is 10.5 Å². The molecule has 84 valence electrons. The lowest BCUT2D eigenvalue weighted by molar-refractivity contribution is -0.140. The first kappa shape index (κ1) is 14.4. The van der Waals surface area contributed by atoms with Gasteiger partial charge in [0.1, 0.15) is 6.61 Å². The van der Waals surface area contributed by atoms with E-state index in [4.69, 9.17) is 4.74 Å². The first-order chi connectivity index (χ1) is 6.52. The topological polar surface area (TPSA) is 26.3 Å². The Morgan fingerprint density at radius 3 is 2.00 bits per heavy atom. The lowest BCUT2D eigenvalue weighted by Crippen LogP contribution is -2.44. The summed E-state index contributed by atoms with van der Waals surface area (Å²) in [5.74, 6) is -0.155. The largest absolute Gasteiger partial charge is 0.465 e. The van der Waals surface area contributed by atoms with Crippen LogP contribution in [0.15, 0.2) is 0 Å². The molecule has 0 aliphatic heterocycles. The maximum atomic E-state index is 10.7. The van der Waals surface area contributed by atoms with Gasteiger partial charge < -0.3 is 4.74 Å². The van der Waals surface area contributed by atoms with Crippen LogP contribution in [0.2, 0.25) is 18.1 Å². The van der Waals surface area contributed by atoms with Crippen LogP contribution in [0.3, 0.4) is 0 Å². The molecule has 1 unspecified atom stereocenters. The third kappa shape index (κ3) is 3.88. The molecule has 2 nitrogen and oxygen atoms in total. The van der Waals surface area contributed by atoms with Crippen molar-refractivity contribution in [3.63, 3.8) is 0 Å².